The summed E-state index contributed by atoms with van der Waals surface area (Å²) in [6.07, 6.45) is 10.4. The number of aryl methyl sites for hydroxylation is 2. The maximum absolute atomic E-state index is 4.79. The van der Waals surface area contributed by atoms with Crippen molar-refractivity contribution in [2.45, 2.75) is 71.8 Å². The third kappa shape index (κ3) is 5.03. The number of unbranched alkanes of at least 4 members (excludes halogenated alkanes) is 5. The average molecular weight is 309 g/mol. The minimum Gasteiger partial charge on any atom is -0.328 e. The van der Waals surface area contributed by atoms with Gasteiger partial charge in [0.25, 0.3) is 0 Å². The van der Waals surface area contributed by atoms with Gasteiger partial charge in [-0.2, -0.15) is 0 Å². The third-order valence-electron chi connectivity index (χ3n) is 3.94. The molecule has 1 aromatic heterocycles. The van der Waals surface area contributed by atoms with E-state index in [0.29, 0.717) is 0 Å². The van der Waals surface area contributed by atoms with Gasteiger partial charge in [0.05, 0.1) is 11.0 Å². The normalized spacial score (nSPS) is 10.8. The minimum absolute atomic E-state index is 0. The number of hydrogen-bond donors (Lipinski definition) is 0. The van der Waals surface area contributed by atoms with Crippen LogP contribution in [0.1, 0.15) is 64.6 Å². The number of aromatic nitrogens is 2. The number of fused-ring (bicyclic) bond motifs is 1. The van der Waals surface area contributed by atoms with Gasteiger partial charge in [0.2, 0.25) is 0 Å². The van der Waals surface area contributed by atoms with Gasteiger partial charge in [-0.05, 0) is 25.0 Å². The highest BCUT2D eigenvalue weighted by atomic mass is 35.5. The fourth-order valence-electron chi connectivity index (χ4n) is 2.84. The van der Waals surface area contributed by atoms with Crippen molar-refractivity contribution in [3.63, 3.8) is 0 Å². The molecule has 2 nitrogen and oxygen atoms in total. The summed E-state index contributed by atoms with van der Waals surface area (Å²) in [5.74, 6) is 1.27. The largest absolute Gasteiger partial charge is 0.328 e. The van der Waals surface area contributed by atoms with Crippen LogP contribution in [0.5, 0.6) is 0 Å². The zero-order valence-corrected chi connectivity index (χ0v) is 14.3. The van der Waals surface area contributed by atoms with E-state index in [1.807, 2.05) is 0 Å². The van der Waals surface area contributed by atoms with E-state index >= 15 is 0 Å². The van der Waals surface area contributed by atoms with Gasteiger partial charge >= 0.3 is 0 Å². The molecule has 0 saturated heterocycles. The van der Waals surface area contributed by atoms with Gasteiger partial charge in [-0.15, -0.1) is 12.4 Å². The molecule has 0 amide bonds. The maximum atomic E-state index is 4.79. The first-order valence-corrected chi connectivity index (χ1v) is 8.31. The number of para-hydroxylation sites is 2. The van der Waals surface area contributed by atoms with Gasteiger partial charge in [0.15, 0.2) is 0 Å². The van der Waals surface area contributed by atoms with Crippen molar-refractivity contribution in [2.75, 3.05) is 0 Å². The Morgan fingerprint density at radius 2 is 1.62 bits per heavy atom. The second kappa shape index (κ2) is 9.83. The van der Waals surface area contributed by atoms with Crippen molar-refractivity contribution in [3.05, 3.63) is 30.1 Å². The second-order valence-electron chi connectivity index (χ2n) is 5.69. The van der Waals surface area contributed by atoms with E-state index in [2.05, 4.69) is 42.7 Å². The van der Waals surface area contributed by atoms with E-state index in [4.69, 9.17) is 4.98 Å². The smallest absolute Gasteiger partial charge is 0.109 e. The number of hydrogen-bond acceptors (Lipinski definition) is 1. The van der Waals surface area contributed by atoms with Gasteiger partial charge < -0.3 is 4.57 Å². The predicted octanol–water partition coefficient (Wildman–Crippen LogP) is 5.77. The molecule has 3 heteroatoms. The molecule has 2 aromatic rings. The van der Waals surface area contributed by atoms with Crippen LogP contribution in [0.15, 0.2) is 24.3 Å². The molecular weight excluding hydrogens is 280 g/mol. The Bertz CT molecular complexity index is 519. The van der Waals surface area contributed by atoms with E-state index in [0.717, 1.165) is 18.5 Å². The Labute approximate surface area is 135 Å². The molecule has 1 heterocycles. The highest BCUT2D eigenvalue weighted by Gasteiger charge is 2.08. The van der Waals surface area contributed by atoms with Crippen LogP contribution in [0.2, 0.25) is 0 Å². The number of halogens is 1. The quantitative estimate of drug-likeness (QED) is 0.538. The molecule has 0 aliphatic carbocycles. The number of benzene rings is 1. The molecule has 21 heavy (non-hydrogen) atoms. The molecule has 1 aromatic carbocycles. The van der Waals surface area contributed by atoms with Gasteiger partial charge in [-0.3, -0.25) is 0 Å². The van der Waals surface area contributed by atoms with Crippen LogP contribution >= 0.6 is 12.4 Å². The van der Waals surface area contributed by atoms with Crippen LogP contribution in [0.4, 0.5) is 0 Å². The van der Waals surface area contributed by atoms with E-state index in [9.17, 15) is 0 Å². The van der Waals surface area contributed by atoms with Crippen LogP contribution in [0.25, 0.3) is 11.0 Å². The molecule has 0 radical (unpaired) electrons. The zero-order valence-electron chi connectivity index (χ0n) is 13.5. The van der Waals surface area contributed by atoms with E-state index < -0.39 is 0 Å². The number of rotatable bonds is 9. The molecule has 0 saturated carbocycles. The summed E-state index contributed by atoms with van der Waals surface area (Å²) in [6, 6.07) is 8.54. The van der Waals surface area contributed by atoms with Gasteiger partial charge in [0, 0.05) is 13.0 Å². The molecule has 0 bridgehead atoms. The van der Waals surface area contributed by atoms with Crippen molar-refractivity contribution in [1.29, 1.82) is 0 Å². The lowest BCUT2D eigenvalue weighted by Crippen LogP contribution is -2.04. The Hall–Kier alpha value is -1.02. The predicted molar refractivity (Wildman–Crippen MR) is 94.4 cm³/mol. The number of nitrogens with zero attached hydrogens (tertiary/aromatic N) is 2. The summed E-state index contributed by atoms with van der Waals surface area (Å²) in [5, 5.41) is 0. The molecular formula is C18H29ClN2. The second-order valence-corrected chi connectivity index (χ2v) is 5.69. The monoisotopic (exact) mass is 308 g/mol. The van der Waals surface area contributed by atoms with Crippen LogP contribution in [0, 0.1) is 0 Å². The highest BCUT2D eigenvalue weighted by Crippen LogP contribution is 2.18. The topological polar surface area (TPSA) is 17.8 Å². The molecule has 0 spiro atoms. The average Bonchev–Trinajstić information content (AvgIpc) is 2.81. The molecule has 0 fully saturated rings. The van der Waals surface area contributed by atoms with Crippen LogP contribution in [-0.4, -0.2) is 9.55 Å². The van der Waals surface area contributed by atoms with Crippen molar-refractivity contribution in [1.82, 2.24) is 9.55 Å². The lowest BCUT2D eigenvalue weighted by molar-refractivity contribution is 0.551. The summed E-state index contributed by atoms with van der Waals surface area (Å²) in [5.41, 5.74) is 2.46. The summed E-state index contributed by atoms with van der Waals surface area (Å²) >= 11 is 0. The molecule has 2 rings (SSSR count). The summed E-state index contributed by atoms with van der Waals surface area (Å²) in [4.78, 5) is 4.79. The van der Waals surface area contributed by atoms with Gasteiger partial charge in [-0.1, -0.05) is 58.1 Å². The molecule has 0 unspecified atom stereocenters. The van der Waals surface area contributed by atoms with Crippen LogP contribution < -0.4 is 0 Å². The third-order valence-corrected chi connectivity index (χ3v) is 3.94. The standard InChI is InChI=1S/C18H28N2.ClH/c1-3-5-6-7-8-11-15-20-17-14-10-9-13-16(17)19-18(20)12-4-2;/h9-10,13-14H,3-8,11-12,15H2,1-2H3;1H. The Morgan fingerprint density at radius 1 is 0.905 bits per heavy atom. The Balaban J connectivity index is 0.00000220. The van der Waals surface area contributed by atoms with E-state index in [1.165, 1.54) is 56.3 Å². The van der Waals surface area contributed by atoms with Crippen molar-refractivity contribution >= 4 is 23.4 Å². The van der Waals surface area contributed by atoms with E-state index in [-0.39, 0.29) is 12.4 Å². The first kappa shape index (κ1) is 18.0. The molecule has 0 N–H and O–H groups in total. The lowest BCUT2D eigenvalue weighted by atomic mass is 10.1. The van der Waals surface area contributed by atoms with Crippen molar-refractivity contribution in [2.24, 2.45) is 0 Å². The molecule has 0 aliphatic heterocycles. The highest BCUT2D eigenvalue weighted by molar-refractivity contribution is 5.85. The summed E-state index contributed by atoms with van der Waals surface area (Å²) in [7, 11) is 0. The Kier molecular flexibility index (Phi) is 8.44. The molecule has 0 aliphatic rings. The van der Waals surface area contributed by atoms with Crippen molar-refractivity contribution < 1.29 is 0 Å². The summed E-state index contributed by atoms with van der Waals surface area (Å²) in [6.45, 7) is 5.63. The zero-order chi connectivity index (χ0) is 14.2. The minimum atomic E-state index is 0. The fourth-order valence-corrected chi connectivity index (χ4v) is 2.84. The van der Waals surface area contributed by atoms with Gasteiger partial charge in [-0.25, -0.2) is 4.98 Å². The molecule has 0 atom stereocenters. The molecule has 118 valence electrons. The first-order chi connectivity index (χ1) is 9.86. The van der Waals surface area contributed by atoms with E-state index in [1.54, 1.807) is 0 Å². The van der Waals surface area contributed by atoms with Gasteiger partial charge in [0.1, 0.15) is 5.82 Å². The fraction of sp³-hybridized carbons (Fsp3) is 0.611. The maximum Gasteiger partial charge on any atom is 0.109 e. The SMILES string of the molecule is CCCCCCCCn1c(CCC)nc2ccccc21.Cl. The Morgan fingerprint density at radius 3 is 2.38 bits per heavy atom. The van der Waals surface area contributed by atoms with Crippen LogP contribution in [-0.2, 0) is 13.0 Å². The first-order valence-electron chi connectivity index (χ1n) is 8.31. The van der Waals surface area contributed by atoms with Crippen LogP contribution in [0.3, 0.4) is 0 Å². The lowest BCUT2D eigenvalue weighted by Gasteiger charge is -2.08. The summed E-state index contributed by atoms with van der Waals surface area (Å²) < 4.78 is 2.44. The number of imidazole rings is 1. The van der Waals surface area contributed by atoms with Crippen molar-refractivity contribution in [3.8, 4) is 0 Å².